The summed E-state index contributed by atoms with van der Waals surface area (Å²) >= 11 is 5.63. The molecule has 0 radical (unpaired) electrons. The number of piperazine rings is 1. The molecule has 1 atom stereocenters. The van der Waals surface area contributed by atoms with Crippen molar-refractivity contribution in [3.8, 4) is 0 Å². The van der Waals surface area contributed by atoms with Gasteiger partial charge in [-0.1, -0.05) is 33.1 Å². The maximum atomic E-state index is 13.1. The number of amides is 1. The highest BCUT2D eigenvalue weighted by molar-refractivity contribution is 7.91. The Morgan fingerprint density at radius 3 is 2.54 bits per heavy atom. The van der Waals surface area contributed by atoms with Gasteiger partial charge in [0.15, 0.2) is 14.9 Å². The van der Waals surface area contributed by atoms with Crippen LogP contribution in [0.3, 0.4) is 0 Å². The van der Waals surface area contributed by atoms with Crippen LogP contribution in [-0.2, 0) is 14.6 Å². The highest BCUT2D eigenvalue weighted by Crippen LogP contribution is 2.31. The van der Waals surface area contributed by atoms with Crippen LogP contribution in [-0.4, -0.2) is 77.2 Å². The van der Waals surface area contributed by atoms with Gasteiger partial charge < -0.3 is 10.2 Å². The number of unbranched alkanes of at least 4 members (excludes halogenated alkanes) is 3. The molecular formula is C17H32N4O3S2. The minimum absolute atomic E-state index is 0.0365. The van der Waals surface area contributed by atoms with E-state index in [1.807, 2.05) is 18.7 Å². The minimum atomic E-state index is -3.34. The monoisotopic (exact) mass is 404 g/mol. The van der Waals surface area contributed by atoms with Crippen LogP contribution in [0.2, 0.25) is 0 Å². The molecule has 2 aliphatic rings. The molecule has 2 fully saturated rings. The van der Waals surface area contributed by atoms with E-state index >= 15 is 0 Å². The third-order valence-corrected chi connectivity index (χ3v) is 7.72. The van der Waals surface area contributed by atoms with Gasteiger partial charge in [0, 0.05) is 31.9 Å². The molecule has 0 spiro atoms. The predicted octanol–water partition coefficient (Wildman–Crippen LogP) is 1.36. The molecule has 2 rings (SSSR count). The average molecular weight is 405 g/mol. The highest BCUT2D eigenvalue weighted by Gasteiger charge is 2.53. The van der Waals surface area contributed by atoms with E-state index in [0.717, 1.165) is 25.7 Å². The normalized spacial score (nSPS) is 24.5. The molecule has 1 amide bonds. The molecule has 1 unspecified atom stereocenters. The van der Waals surface area contributed by atoms with Gasteiger partial charge >= 0.3 is 0 Å². The zero-order valence-electron chi connectivity index (χ0n) is 16.3. The molecule has 7 nitrogen and oxygen atoms in total. The van der Waals surface area contributed by atoms with E-state index < -0.39 is 20.8 Å². The summed E-state index contributed by atoms with van der Waals surface area (Å²) in [7, 11) is -3.34. The Labute approximate surface area is 163 Å². The van der Waals surface area contributed by atoms with Gasteiger partial charge in [0.1, 0.15) is 10.9 Å². The number of rotatable bonds is 8. The number of carbonyl (C=O) groups is 1. The predicted molar refractivity (Wildman–Crippen MR) is 107 cm³/mol. The summed E-state index contributed by atoms with van der Waals surface area (Å²) < 4.78 is 25.1. The molecule has 0 aliphatic carbocycles. The second kappa shape index (κ2) is 8.50. The Balaban J connectivity index is 2.25. The molecule has 2 heterocycles. The van der Waals surface area contributed by atoms with Crippen molar-refractivity contribution in [2.45, 2.75) is 64.3 Å². The van der Waals surface area contributed by atoms with Gasteiger partial charge in [0.25, 0.3) is 5.91 Å². The summed E-state index contributed by atoms with van der Waals surface area (Å²) in [5.74, 6) is -0.106. The third-order valence-electron chi connectivity index (χ3n) is 5.28. The van der Waals surface area contributed by atoms with Gasteiger partial charge in [-0.05, 0) is 32.5 Å². The molecular weight excluding hydrogens is 372 g/mol. The smallest absolute Gasteiger partial charge is 0.268 e. The van der Waals surface area contributed by atoms with Crippen LogP contribution in [0.4, 0.5) is 0 Å². The first-order valence-electron chi connectivity index (χ1n) is 9.53. The van der Waals surface area contributed by atoms with E-state index in [0.29, 0.717) is 31.3 Å². The maximum absolute atomic E-state index is 13.1. The fourth-order valence-corrected chi connectivity index (χ4v) is 5.35. The lowest BCUT2D eigenvalue weighted by molar-refractivity contribution is -0.143. The number of nitrogens with zero attached hydrogens (tertiary/aromatic N) is 3. The second-order valence-corrected chi connectivity index (χ2v) is 10.3. The lowest BCUT2D eigenvalue weighted by Crippen LogP contribution is -2.63. The lowest BCUT2D eigenvalue weighted by Gasteiger charge is -2.40. The summed E-state index contributed by atoms with van der Waals surface area (Å²) in [6.45, 7) is 9.62. The first kappa shape index (κ1) is 21.5. The first-order valence-corrected chi connectivity index (χ1v) is 11.7. The molecule has 150 valence electrons. The Bertz CT molecular complexity index is 636. The number of nitrogens with one attached hydrogen (secondary N) is 1. The molecule has 9 heteroatoms. The summed E-state index contributed by atoms with van der Waals surface area (Å²) in [5, 5.41) is 5.90. The van der Waals surface area contributed by atoms with Crippen molar-refractivity contribution < 1.29 is 13.2 Å². The van der Waals surface area contributed by atoms with Crippen LogP contribution in [0.15, 0.2) is 0 Å². The maximum Gasteiger partial charge on any atom is 0.268 e. The van der Waals surface area contributed by atoms with E-state index in [2.05, 4.69) is 12.2 Å². The fraction of sp³-hybridized carbons (Fsp3) is 0.882. The number of carbonyl (C=O) groups excluding carboxylic acids is 1. The van der Waals surface area contributed by atoms with Gasteiger partial charge in [-0.3, -0.25) is 4.79 Å². The number of hydrogen-bond donors (Lipinski definition) is 1. The van der Waals surface area contributed by atoms with Crippen molar-refractivity contribution in [3.63, 3.8) is 0 Å². The van der Waals surface area contributed by atoms with E-state index in [1.165, 1.54) is 5.01 Å². The minimum Gasteiger partial charge on any atom is -0.333 e. The van der Waals surface area contributed by atoms with Gasteiger partial charge in [0.05, 0.1) is 0 Å². The molecule has 0 aromatic rings. The van der Waals surface area contributed by atoms with Crippen LogP contribution in [0, 0.1) is 0 Å². The third kappa shape index (κ3) is 4.05. The molecule has 0 bridgehead atoms. The number of thiocarbonyl (C=S) groups is 1. The molecule has 2 saturated heterocycles. The summed E-state index contributed by atoms with van der Waals surface area (Å²) in [5.41, 5.74) is -0.755. The van der Waals surface area contributed by atoms with E-state index in [1.54, 1.807) is 11.9 Å². The average Bonchev–Trinajstić information content (AvgIpc) is 2.77. The van der Waals surface area contributed by atoms with Crippen molar-refractivity contribution in [3.05, 3.63) is 0 Å². The van der Waals surface area contributed by atoms with Gasteiger partial charge in [-0.2, -0.15) is 5.01 Å². The van der Waals surface area contributed by atoms with Gasteiger partial charge in [-0.25, -0.2) is 13.4 Å². The molecule has 1 N–H and O–H groups in total. The van der Waals surface area contributed by atoms with Crippen molar-refractivity contribution in [1.82, 2.24) is 20.2 Å². The quantitative estimate of drug-likeness (QED) is 0.484. The van der Waals surface area contributed by atoms with Crippen molar-refractivity contribution in [1.29, 1.82) is 0 Å². The summed E-state index contributed by atoms with van der Waals surface area (Å²) in [6, 6.07) is 0. The standard InChI is InChI=1S/C17H32N4O3S2/c1-5-7-8-9-11-19-16(25)21(15(22)17(19,3)4)20-12-10-18-13-14(20)26(23,24)6-2/h14,18H,5-13H2,1-4H3. The Kier molecular flexibility index (Phi) is 7.04. The zero-order chi connectivity index (χ0) is 19.5. The molecule has 2 aliphatic heterocycles. The second-order valence-electron chi connectivity index (χ2n) is 7.44. The van der Waals surface area contributed by atoms with Gasteiger partial charge in [-0.15, -0.1) is 0 Å². The molecule has 0 aromatic heterocycles. The SMILES string of the molecule is CCCCCCN1C(=S)N(N2CCNCC2S(=O)(=O)CC)C(=O)C1(C)C. The Morgan fingerprint density at radius 1 is 1.23 bits per heavy atom. The number of sulfone groups is 1. The number of hydrogen-bond acceptors (Lipinski definition) is 6. The van der Waals surface area contributed by atoms with Crippen molar-refractivity contribution in [2.75, 3.05) is 31.9 Å². The van der Waals surface area contributed by atoms with Crippen LogP contribution in [0.25, 0.3) is 0 Å². The zero-order valence-corrected chi connectivity index (χ0v) is 18.0. The fourth-order valence-electron chi connectivity index (χ4n) is 3.52. The topological polar surface area (TPSA) is 73.0 Å². The molecule has 0 aromatic carbocycles. The Morgan fingerprint density at radius 2 is 1.92 bits per heavy atom. The lowest BCUT2D eigenvalue weighted by atomic mass is 10.0. The van der Waals surface area contributed by atoms with Gasteiger partial charge in [0.2, 0.25) is 0 Å². The van der Waals surface area contributed by atoms with E-state index in [-0.39, 0.29) is 11.7 Å². The highest BCUT2D eigenvalue weighted by atomic mass is 32.2. The van der Waals surface area contributed by atoms with Crippen molar-refractivity contribution in [2.24, 2.45) is 0 Å². The molecule has 0 saturated carbocycles. The Hall–Kier alpha value is -0.770. The van der Waals surface area contributed by atoms with Crippen molar-refractivity contribution >= 4 is 33.1 Å². The van der Waals surface area contributed by atoms with Crippen LogP contribution < -0.4 is 5.32 Å². The van der Waals surface area contributed by atoms with Crippen LogP contribution in [0.5, 0.6) is 0 Å². The van der Waals surface area contributed by atoms with Crippen LogP contribution >= 0.6 is 12.2 Å². The van der Waals surface area contributed by atoms with E-state index in [9.17, 15) is 13.2 Å². The molecule has 26 heavy (non-hydrogen) atoms. The first-order chi connectivity index (χ1) is 12.2. The summed E-state index contributed by atoms with van der Waals surface area (Å²) in [4.78, 5) is 15.1. The van der Waals surface area contributed by atoms with Crippen LogP contribution in [0.1, 0.15) is 53.4 Å². The largest absolute Gasteiger partial charge is 0.333 e. The summed E-state index contributed by atoms with van der Waals surface area (Å²) in [6.07, 6.45) is 4.38. The number of hydrazine groups is 1. The van der Waals surface area contributed by atoms with E-state index in [4.69, 9.17) is 12.2 Å².